The summed E-state index contributed by atoms with van der Waals surface area (Å²) < 4.78 is 31.4. The van der Waals surface area contributed by atoms with Crippen molar-refractivity contribution in [3.63, 3.8) is 0 Å². The van der Waals surface area contributed by atoms with Crippen LogP contribution in [-0.4, -0.2) is 25.7 Å². The van der Waals surface area contributed by atoms with Crippen LogP contribution >= 0.6 is 11.6 Å². The number of halogens is 1. The molecule has 1 aromatic heterocycles. The third kappa shape index (κ3) is 3.06. The van der Waals surface area contributed by atoms with E-state index < -0.39 is 10.0 Å². The molecular formula is C11H12ClN3O3S. The number of aromatic nitrogens is 2. The molecule has 0 unspecified atom stereocenters. The van der Waals surface area contributed by atoms with E-state index in [4.69, 9.17) is 16.3 Å². The van der Waals surface area contributed by atoms with Gasteiger partial charge in [-0.25, -0.2) is 13.1 Å². The molecule has 2 aromatic rings. The normalized spacial score (nSPS) is 11.5. The van der Waals surface area contributed by atoms with Crippen LogP contribution in [0.3, 0.4) is 0 Å². The van der Waals surface area contributed by atoms with Crippen LogP contribution in [0.2, 0.25) is 5.02 Å². The van der Waals surface area contributed by atoms with Gasteiger partial charge in [-0.3, -0.25) is 5.10 Å². The minimum absolute atomic E-state index is 0.0381. The van der Waals surface area contributed by atoms with Crippen LogP contribution in [0.1, 0.15) is 5.56 Å². The van der Waals surface area contributed by atoms with Gasteiger partial charge in [-0.2, -0.15) is 5.10 Å². The Morgan fingerprint density at radius 1 is 1.47 bits per heavy atom. The van der Waals surface area contributed by atoms with E-state index in [0.717, 1.165) is 0 Å². The number of benzene rings is 1. The lowest BCUT2D eigenvalue weighted by Gasteiger charge is -2.11. The van der Waals surface area contributed by atoms with Crippen molar-refractivity contribution >= 4 is 21.6 Å². The molecule has 0 fully saturated rings. The van der Waals surface area contributed by atoms with Crippen molar-refractivity contribution in [2.45, 2.75) is 11.4 Å². The van der Waals surface area contributed by atoms with Crippen LogP contribution in [0.4, 0.5) is 0 Å². The standard InChI is InChI=1S/C11H12ClN3O3S/c1-18-11-4-2-3-10(12)9(11)7-15-19(16,17)8-5-13-14-6-8/h2-6,15H,7H2,1H3,(H,13,14). The molecule has 0 spiro atoms. The van der Waals surface area contributed by atoms with E-state index in [0.29, 0.717) is 16.3 Å². The quantitative estimate of drug-likeness (QED) is 0.877. The SMILES string of the molecule is COc1cccc(Cl)c1CNS(=O)(=O)c1cn[nH]c1. The van der Waals surface area contributed by atoms with Gasteiger partial charge in [-0.15, -0.1) is 0 Å². The van der Waals surface area contributed by atoms with Crippen molar-refractivity contribution in [2.24, 2.45) is 0 Å². The summed E-state index contributed by atoms with van der Waals surface area (Å²) in [7, 11) is -2.12. The lowest BCUT2D eigenvalue weighted by molar-refractivity contribution is 0.409. The molecule has 2 N–H and O–H groups in total. The minimum atomic E-state index is -3.61. The highest BCUT2D eigenvalue weighted by molar-refractivity contribution is 7.89. The van der Waals surface area contributed by atoms with Crippen LogP contribution in [0.5, 0.6) is 5.75 Å². The van der Waals surface area contributed by atoms with Crippen LogP contribution < -0.4 is 9.46 Å². The molecule has 0 amide bonds. The average molecular weight is 302 g/mol. The molecule has 0 saturated carbocycles. The lowest BCUT2D eigenvalue weighted by Crippen LogP contribution is -2.23. The molecule has 1 aromatic carbocycles. The summed E-state index contributed by atoms with van der Waals surface area (Å²) in [4.78, 5) is 0.0681. The Kier molecular flexibility index (Phi) is 4.08. The summed E-state index contributed by atoms with van der Waals surface area (Å²) in [5.74, 6) is 0.530. The van der Waals surface area contributed by atoms with E-state index in [1.165, 1.54) is 19.5 Å². The van der Waals surface area contributed by atoms with Crippen LogP contribution in [-0.2, 0) is 16.6 Å². The minimum Gasteiger partial charge on any atom is -0.496 e. The van der Waals surface area contributed by atoms with Crippen LogP contribution in [0, 0.1) is 0 Å². The third-order valence-electron chi connectivity index (χ3n) is 2.52. The van der Waals surface area contributed by atoms with Gasteiger partial charge in [0.2, 0.25) is 10.0 Å². The predicted octanol–water partition coefficient (Wildman–Crippen LogP) is 1.55. The number of hydrogen-bond donors (Lipinski definition) is 2. The highest BCUT2D eigenvalue weighted by Gasteiger charge is 2.17. The van der Waals surface area contributed by atoms with E-state index in [9.17, 15) is 8.42 Å². The van der Waals surface area contributed by atoms with Gasteiger partial charge in [-0.1, -0.05) is 17.7 Å². The molecule has 1 heterocycles. The number of nitrogens with one attached hydrogen (secondary N) is 2. The number of ether oxygens (including phenoxy) is 1. The number of aromatic amines is 1. The van der Waals surface area contributed by atoms with Gasteiger partial charge in [-0.05, 0) is 12.1 Å². The molecule has 0 aliphatic carbocycles. The molecule has 0 aliphatic heterocycles. The van der Waals surface area contributed by atoms with Crippen molar-refractivity contribution < 1.29 is 13.2 Å². The predicted molar refractivity (Wildman–Crippen MR) is 70.6 cm³/mol. The monoisotopic (exact) mass is 301 g/mol. The Labute approximate surface area is 115 Å². The van der Waals surface area contributed by atoms with Crippen LogP contribution in [0.15, 0.2) is 35.5 Å². The van der Waals surface area contributed by atoms with Gasteiger partial charge >= 0.3 is 0 Å². The molecular weight excluding hydrogens is 290 g/mol. The number of sulfonamides is 1. The second-order valence-electron chi connectivity index (χ2n) is 3.68. The van der Waals surface area contributed by atoms with Gasteiger partial charge < -0.3 is 4.74 Å². The van der Waals surface area contributed by atoms with Crippen molar-refractivity contribution in [1.29, 1.82) is 0 Å². The second kappa shape index (κ2) is 5.60. The Morgan fingerprint density at radius 2 is 2.26 bits per heavy atom. The third-order valence-corrected chi connectivity index (χ3v) is 4.24. The molecule has 19 heavy (non-hydrogen) atoms. The highest BCUT2D eigenvalue weighted by atomic mass is 35.5. The Balaban J connectivity index is 2.20. The zero-order valence-electron chi connectivity index (χ0n) is 10.1. The van der Waals surface area contributed by atoms with Crippen LogP contribution in [0.25, 0.3) is 0 Å². The fourth-order valence-electron chi connectivity index (χ4n) is 1.54. The maximum atomic E-state index is 11.9. The maximum absolute atomic E-state index is 11.9. The fourth-order valence-corrected chi connectivity index (χ4v) is 2.67. The number of hydrogen-bond acceptors (Lipinski definition) is 4. The van der Waals surface area contributed by atoms with E-state index in [2.05, 4.69) is 14.9 Å². The molecule has 0 aliphatic rings. The Morgan fingerprint density at radius 3 is 2.89 bits per heavy atom. The number of rotatable bonds is 5. The average Bonchev–Trinajstić information content (AvgIpc) is 2.91. The van der Waals surface area contributed by atoms with Crippen molar-refractivity contribution in [1.82, 2.24) is 14.9 Å². The smallest absolute Gasteiger partial charge is 0.243 e. The van der Waals surface area contributed by atoms with Crippen molar-refractivity contribution in [3.05, 3.63) is 41.2 Å². The zero-order valence-corrected chi connectivity index (χ0v) is 11.6. The lowest BCUT2D eigenvalue weighted by atomic mass is 10.2. The first-order valence-electron chi connectivity index (χ1n) is 5.34. The van der Waals surface area contributed by atoms with Crippen molar-refractivity contribution in [2.75, 3.05) is 7.11 Å². The van der Waals surface area contributed by atoms with E-state index in [-0.39, 0.29) is 11.4 Å². The molecule has 8 heteroatoms. The van der Waals surface area contributed by atoms with E-state index >= 15 is 0 Å². The van der Waals surface area contributed by atoms with E-state index in [1.807, 2.05) is 0 Å². The number of methoxy groups -OCH3 is 1. The van der Waals surface area contributed by atoms with Gasteiger partial charge in [0.25, 0.3) is 0 Å². The Bertz CT molecular complexity index is 656. The summed E-state index contributed by atoms with van der Waals surface area (Å²) in [5, 5.41) is 6.49. The first-order chi connectivity index (χ1) is 9.04. The summed E-state index contributed by atoms with van der Waals surface area (Å²) in [6.07, 6.45) is 2.53. The molecule has 102 valence electrons. The molecule has 0 radical (unpaired) electrons. The molecule has 2 rings (SSSR count). The second-order valence-corrected chi connectivity index (χ2v) is 5.85. The first kappa shape index (κ1) is 13.9. The van der Waals surface area contributed by atoms with Gasteiger partial charge in [0, 0.05) is 23.3 Å². The highest BCUT2D eigenvalue weighted by Crippen LogP contribution is 2.26. The van der Waals surface area contributed by atoms with Gasteiger partial charge in [0.1, 0.15) is 10.6 Å². The zero-order chi connectivity index (χ0) is 13.9. The summed E-state index contributed by atoms with van der Waals surface area (Å²) in [6.45, 7) is 0.0381. The van der Waals surface area contributed by atoms with Gasteiger partial charge in [0.15, 0.2) is 0 Å². The molecule has 0 saturated heterocycles. The Hall–Kier alpha value is -1.57. The number of nitrogens with zero attached hydrogens (tertiary/aromatic N) is 1. The molecule has 0 bridgehead atoms. The summed E-state index contributed by atoms with van der Waals surface area (Å²) >= 11 is 6.03. The summed E-state index contributed by atoms with van der Waals surface area (Å²) in [5.41, 5.74) is 0.582. The topological polar surface area (TPSA) is 84.1 Å². The maximum Gasteiger partial charge on any atom is 0.243 e. The van der Waals surface area contributed by atoms with Crippen molar-refractivity contribution in [3.8, 4) is 5.75 Å². The first-order valence-corrected chi connectivity index (χ1v) is 7.20. The van der Waals surface area contributed by atoms with Gasteiger partial charge in [0.05, 0.1) is 13.3 Å². The fraction of sp³-hybridized carbons (Fsp3) is 0.182. The summed E-state index contributed by atoms with van der Waals surface area (Å²) in [6, 6.07) is 5.12. The van der Waals surface area contributed by atoms with E-state index in [1.54, 1.807) is 18.2 Å². The molecule has 0 atom stereocenters. The molecule has 6 nitrogen and oxygen atoms in total. The largest absolute Gasteiger partial charge is 0.496 e. The number of H-pyrrole nitrogens is 1.